The van der Waals surface area contributed by atoms with E-state index in [9.17, 15) is 9.00 Å². The average molecular weight is 599 g/mol. The number of allylic oxidation sites excluding steroid dienone is 2. The van der Waals surface area contributed by atoms with Crippen LogP contribution >= 0.6 is 11.6 Å². The van der Waals surface area contributed by atoms with Gasteiger partial charge in [0.1, 0.15) is 16.7 Å². The number of carbonyl (C=O) groups is 1. The van der Waals surface area contributed by atoms with Crippen molar-refractivity contribution in [3.63, 3.8) is 0 Å². The largest absolute Gasteiger partial charge is 0.491 e. The van der Waals surface area contributed by atoms with Crippen molar-refractivity contribution in [1.82, 2.24) is 4.72 Å². The highest BCUT2D eigenvalue weighted by molar-refractivity contribution is 7.84. The summed E-state index contributed by atoms with van der Waals surface area (Å²) in [7, 11) is -1.48. The van der Waals surface area contributed by atoms with Crippen LogP contribution in [0, 0.1) is 23.7 Å². The Morgan fingerprint density at radius 1 is 1.05 bits per heavy atom. The molecule has 2 aliphatic heterocycles. The monoisotopic (exact) mass is 598 g/mol. The number of hydrogen-bond donors (Lipinski definition) is 1. The highest BCUT2D eigenvalue weighted by Gasteiger charge is 2.31. The summed E-state index contributed by atoms with van der Waals surface area (Å²) >= 11 is 6.41. The van der Waals surface area contributed by atoms with Crippen molar-refractivity contribution in [2.45, 2.75) is 78.4 Å². The highest BCUT2D eigenvalue weighted by Crippen LogP contribution is 2.39. The van der Waals surface area contributed by atoms with Crippen LogP contribution in [0.4, 0.5) is 5.69 Å². The molecule has 0 aromatic heterocycles. The molecule has 2 aromatic rings. The van der Waals surface area contributed by atoms with Gasteiger partial charge in [-0.2, -0.15) is 0 Å². The number of aryl methyl sites for hydroxylation is 1. The van der Waals surface area contributed by atoms with E-state index in [-0.39, 0.29) is 23.0 Å². The lowest BCUT2D eigenvalue weighted by Gasteiger charge is -2.35. The average Bonchev–Trinajstić information content (AvgIpc) is 3.11. The number of amides is 1. The van der Waals surface area contributed by atoms with Gasteiger partial charge in [0.15, 0.2) is 0 Å². The Hall–Kier alpha value is -2.31. The van der Waals surface area contributed by atoms with Crippen molar-refractivity contribution in [3.05, 3.63) is 70.3 Å². The molecule has 0 radical (unpaired) electrons. The van der Waals surface area contributed by atoms with Crippen LogP contribution in [0.1, 0.15) is 88.2 Å². The van der Waals surface area contributed by atoms with Gasteiger partial charge in [0, 0.05) is 29.6 Å². The van der Waals surface area contributed by atoms with Gasteiger partial charge in [-0.25, -0.2) is 4.21 Å². The maximum absolute atomic E-state index is 13.3. The molecule has 2 aromatic carbocycles. The molecule has 4 rings (SSSR count). The van der Waals surface area contributed by atoms with Gasteiger partial charge in [-0.05, 0) is 84.9 Å². The van der Waals surface area contributed by atoms with E-state index in [1.165, 1.54) is 11.1 Å². The zero-order chi connectivity index (χ0) is 29.7. The van der Waals surface area contributed by atoms with Crippen molar-refractivity contribution in [2.24, 2.45) is 23.7 Å². The summed E-state index contributed by atoms with van der Waals surface area (Å²) in [6.07, 6.45) is 8.52. The van der Waals surface area contributed by atoms with Crippen molar-refractivity contribution >= 4 is 34.2 Å². The molecule has 7 unspecified atom stereocenters. The molecular formula is C34H47ClN2O3S. The highest BCUT2D eigenvalue weighted by atomic mass is 35.5. The standard InChI is InChI=1S/C34H47ClN2O3S/c1-7-10-26-17-29(35)14-15-31(26)28-20-37-19-24(5)30(8-2)23(4)12-9-11-22(3)25(6)41(39)36-34(38)27-13-16-33(40-21-28)32(37)18-27/h9,12-18,22-25,28,30H,7-8,10-11,19-21H2,1-6H3,(H,36,38)/b12-9+. The molecular weight excluding hydrogens is 552 g/mol. The van der Waals surface area contributed by atoms with Gasteiger partial charge < -0.3 is 9.64 Å². The summed E-state index contributed by atoms with van der Waals surface area (Å²) in [6, 6.07) is 11.9. The Balaban J connectivity index is 1.76. The van der Waals surface area contributed by atoms with E-state index in [1.54, 1.807) is 6.07 Å². The lowest BCUT2D eigenvalue weighted by atomic mass is 9.80. The number of ether oxygens (including phenoxy) is 1. The fourth-order valence-corrected chi connectivity index (χ4v) is 7.74. The van der Waals surface area contributed by atoms with Gasteiger partial charge in [-0.3, -0.25) is 9.52 Å². The molecule has 0 aliphatic carbocycles. The van der Waals surface area contributed by atoms with Crippen LogP contribution in [0.25, 0.3) is 0 Å². The Morgan fingerprint density at radius 3 is 2.56 bits per heavy atom. The number of anilines is 1. The summed E-state index contributed by atoms with van der Waals surface area (Å²) in [5.41, 5.74) is 3.99. The molecule has 1 N–H and O–H groups in total. The Kier molecular flexibility index (Phi) is 11.0. The van der Waals surface area contributed by atoms with Gasteiger partial charge in [-0.15, -0.1) is 0 Å². The van der Waals surface area contributed by atoms with Crippen molar-refractivity contribution in [3.8, 4) is 5.75 Å². The number of nitrogens with zero attached hydrogens (tertiary/aromatic N) is 1. The minimum atomic E-state index is -1.48. The molecule has 1 amide bonds. The van der Waals surface area contributed by atoms with Gasteiger partial charge >= 0.3 is 0 Å². The Bertz CT molecular complexity index is 1260. The van der Waals surface area contributed by atoms with Gasteiger partial charge in [0.2, 0.25) is 0 Å². The molecule has 7 atom stereocenters. The molecule has 41 heavy (non-hydrogen) atoms. The number of rotatable bonds is 4. The molecule has 7 heteroatoms. The third-order valence-electron chi connectivity index (χ3n) is 9.17. The van der Waals surface area contributed by atoms with E-state index in [0.29, 0.717) is 29.9 Å². The Morgan fingerprint density at radius 2 is 1.83 bits per heavy atom. The van der Waals surface area contributed by atoms with E-state index in [0.717, 1.165) is 55.2 Å². The zero-order valence-corrected chi connectivity index (χ0v) is 27.1. The van der Waals surface area contributed by atoms with Crippen LogP contribution < -0.4 is 14.4 Å². The zero-order valence-electron chi connectivity index (χ0n) is 25.5. The van der Waals surface area contributed by atoms with Crippen molar-refractivity contribution in [1.29, 1.82) is 0 Å². The number of fused-ring (bicyclic) bond motifs is 1. The molecule has 0 saturated heterocycles. The molecule has 224 valence electrons. The fourth-order valence-electron chi connectivity index (χ4n) is 6.53. The molecule has 5 nitrogen and oxygen atoms in total. The lowest BCUT2D eigenvalue weighted by molar-refractivity contribution is 0.0982. The maximum atomic E-state index is 13.3. The molecule has 0 saturated carbocycles. The SMILES string of the molecule is CCCc1cc(Cl)ccc1C1COc2ccc3cc2N(C1)CC(C)C(CC)C(C)/C=C/CC(C)C(C)S(=O)NC3=O. The van der Waals surface area contributed by atoms with E-state index < -0.39 is 11.0 Å². The predicted octanol–water partition coefficient (Wildman–Crippen LogP) is 7.95. The molecule has 2 bridgehead atoms. The minimum absolute atomic E-state index is 0.156. The van der Waals surface area contributed by atoms with Crippen LogP contribution in [-0.4, -0.2) is 35.1 Å². The molecule has 0 spiro atoms. The predicted molar refractivity (Wildman–Crippen MR) is 172 cm³/mol. The van der Waals surface area contributed by atoms with Crippen LogP contribution in [0.3, 0.4) is 0 Å². The second-order valence-corrected chi connectivity index (χ2v) is 14.2. The van der Waals surface area contributed by atoms with E-state index in [2.05, 4.69) is 68.5 Å². The summed E-state index contributed by atoms with van der Waals surface area (Å²) < 4.78 is 22.3. The van der Waals surface area contributed by atoms with Crippen LogP contribution in [0.2, 0.25) is 5.02 Å². The maximum Gasteiger partial charge on any atom is 0.263 e. The quantitative estimate of drug-likeness (QED) is 0.363. The first kappa shape index (κ1) is 31.6. The summed E-state index contributed by atoms with van der Waals surface area (Å²) in [5.74, 6) is 2.15. The van der Waals surface area contributed by atoms with E-state index in [4.69, 9.17) is 16.3 Å². The van der Waals surface area contributed by atoms with Crippen LogP contribution in [0.5, 0.6) is 5.75 Å². The number of carbonyl (C=O) groups excluding carboxylic acids is 1. The second-order valence-electron chi connectivity index (χ2n) is 12.2. The fraction of sp³-hybridized carbons (Fsp3) is 0.559. The van der Waals surface area contributed by atoms with E-state index >= 15 is 0 Å². The van der Waals surface area contributed by atoms with E-state index in [1.807, 2.05) is 25.1 Å². The minimum Gasteiger partial charge on any atom is -0.491 e. The second kappa shape index (κ2) is 14.2. The molecule has 0 fully saturated rings. The first-order valence-electron chi connectivity index (χ1n) is 15.3. The third-order valence-corrected chi connectivity index (χ3v) is 10.9. The summed E-state index contributed by atoms with van der Waals surface area (Å²) in [6.45, 7) is 15.4. The number of halogens is 1. The molecule has 2 aliphatic rings. The third kappa shape index (κ3) is 7.56. The normalized spacial score (nSPS) is 30.2. The van der Waals surface area contributed by atoms with Gasteiger partial charge in [0.25, 0.3) is 5.91 Å². The van der Waals surface area contributed by atoms with Crippen molar-refractivity contribution in [2.75, 3.05) is 24.6 Å². The van der Waals surface area contributed by atoms with Gasteiger partial charge in [-0.1, -0.05) is 77.3 Å². The smallest absolute Gasteiger partial charge is 0.263 e. The topological polar surface area (TPSA) is 58.6 Å². The first-order valence-corrected chi connectivity index (χ1v) is 16.9. The Labute approximate surface area is 254 Å². The lowest BCUT2D eigenvalue weighted by Crippen LogP contribution is -2.37. The van der Waals surface area contributed by atoms with Gasteiger partial charge in [0.05, 0.1) is 17.5 Å². The number of benzene rings is 2. The number of nitrogens with one attached hydrogen (secondary N) is 1. The molecule has 2 heterocycles. The first-order chi connectivity index (χ1) is 19.6. The summed E-state index contributed by atoms with van der Waals surface area (Å²) in [5, 5.41) is 0.601. The number of hydrogen-bond acceptors (Lipinski definition) is 4. The van der Waals surface area contributed by atoms with Crippen LogP contribution in [-0.2, 0) is 17.4 Å². The van der Waals surface area contributed by atoms with Crippen LogP contribution in [0.15, 0.2) is 48.6 Å². The van der Waals surface area contributed by atoms with Crippen molar-refractivity contribution < 1.29 is 13.7 Å². The summed E-state index contributed by atoms with van der Waals surface area (Å²) in [4.78, 5) is 15.7.